The summed E-state index contributed by atoms with van der Waals surface area (Å²) in [6.45, 7) is 4.45. The van der Waals surface area contributed by atoms with E-state index in [2.05, 4.69) is 35.1 Å². The van der Waals surface area contributed by atoms with Crippen molar-refractivity contribution >= 4 is 29.1 Å². The number of carbonyl (C=O) groups excluding carboxylic acids is 2. The van der Waals surface area contributed by atoms with E-state index in [-0.39, 0.29) is 18.5 Å². The molecule has 17 heteroatoms. The molecule has 60 heavy (non-hydrogen) atoms. The predicted octanol–water partition coefficient (Wildman–Crippen LogP) is 3.13. The molecule has 0 bridgehead atoms. The van der Waals surface area contributed by atoms with Crippen LogP contribution in [0.2, 0.25) is 0 Å². The lowest BCUT2D eigenvalue weighted by atomic mass is 9.91. The van der Waals surface area contributed by atoms with Crippen LogP contribution in [0.4, 0.5) is 26.7 Å². The highest BCUT2D eigenvalue weighted by molar-refractivity contribution is 5.89. The number of amides is 4. The molecule has 2 heterocycles. The number of carbonyl (C=O) groups is 2. The maximum atomic E-state index is 12.2. The Kier molecular flexibility index (Phi) is 23.7. The fraction of sp³-hybridized carbons (Fsp3) is 0.674. The monoisotopic (exact) mass is 850 g/mol. The van der Waals surface area contributed by atoms with Gasteiger partial charge in [0.15, 0.2) is 6.29 Å². The Morgan fingerprint density at radius 2 is 1.05 bits per heavy atom. The third kappa shape index (κ3) is 17.4. The number of nitrogen functional groups attached to an aromatic ring is 1. The summed E-state index contributed by atoms with van der Waals surface area (Å²) in [4.78, 5) is 23.7. The molecule has 0 spiro atoms. The summed E-state index contributed by atoms with van der Waals surface area (Å²) in [6, 6.07) is 13.6. The highest BCUT2D eigenvalue weighted by Gasteiger charge is 2.50. The molecule has 13 N–H and O–H groups in total. The largest absolute Gasteiger partial charge is 0.399 e. The summed E-state index contributed by atoms with van der Waals surface area (Å²) in [5, 5.41) is 82.3. The van der Waals surface area contributed by atoms with E-state index in [4.69, 9.17) is 19.9 Å². The van der Waals surface area contributed by atoms with Gasteiger partial charge in [0.1, 0.15) is 48.8 Å². The Hall–Kier alpha value is -3.62. The molecule has 4 rings (SSSR count). The smallest absolute Gasteiger partial charge is 0.319 e. The van der Waals surface area contributed by atoms with Gasteiger partial charge in [0.2, 0.25) is 0 Å². The molecule has 0 radical (unpaired) electrons. The first-order chi connectivity index (χ1) is 28.9. The number of hydrogen-bond donors (Lipinski definition) is 12. The van der Waals surface area contributed by atoms with Crippen molar-refractivity contribution in [2.24, 2.45) is 0 Å². The number of nitrogens with two attached hydrogens (primary N) is 1. The van der Waals surface area contributed by atoms with Crippen LogP contribution in [0.3, 0.4) is 0 Å². The Morgan fingerprint density at radius 1 is 0.583 bits per heavy atom. The van der Waals surface area contributed by atoms with Gasteiger partial charge in [-0.1, -0.05) is 90.2 Å². The summed E-state index contributed by atoms with van der Waals surface area (Å²) >= 11 is 0. The van der Waals surface area contributed by atoms with Crippen LogP contribution in [0.1, 0.15) is 96.5 Å². The van der Waals surface area contributed by atoms with Crippen molar-refractivity contribution in [3.63, 3.8) is 0 Å². The quantitative estimate of drug-likeness (QED) is 0.0601. The van der Waals surface area contributed by atoms with Gasteiger partial charge >= 0.3 is 12.1 Å². The second-order valence-electron chi connectivity index (χ2n) is 15.5. The van der Waals surface area contributed by atoms with Crippen LogP contribution in [0.15, 0.2) is 48.5 Å². The summed E-state index contributed by atoms with van der Waals surface area (Å²) in [5.41, 5.74) is 8.35. The van der Waals surface area contributed by atoms with Gasteiger partial charge in [0, 0.05) is 36.6 Å². The van der Waals surface area contributed by atoms with Crippen molar-refractivity contribution in [1.29, 1.82) is 0 Å². The molecule has 340 valence electrons. The average molecular weight is 850 g/mol. The fourth-order valence-corrected chi connectivity index (χ4v) is 6.92. The van der Waals surface area contributed by atoms with E-state index in [0.29, 0.717) is 17.9 Å². The van der Waals surface area contributed by atoms with E-state index in [1.54, 1.807) is 48.5 Å². The first-order valence-electron chi connectivity index (χ1n) is 21.5. The normalized spacial score (nSPS) is 26.4. The maximum absolute atomic E-state index is 12.2. The number of nitrogens with one attached hydrogen (secondary N) is 4. The molecule has 10 unspecified atom stereocenters. The maximum Gasteiger partial charge on any atom is 0.319 e. The van der Waals surface area contributed by atoms with E-state index in [9.17, 15) is 45.3 Å². The van der Waals surface area contributed by atoms with Gasteiger partial charge in [-0.25, -0.2) is 9.59 Å². The van der Waals surface area contributed by atoms with Gasteiger partial charge in [-0.3, -0.25) is 0 Å². The van der Waals surface area contributed by atoms with E-state index in [1.807, 2.05) is 0 Å². The van der Waals surface area contributed by atoms with Gasteiger partial charge in [0.25, 0.3) is 0 Å². The number of aliphatic hydroxyl groups excluding tert-OH is 7. The van der Waals surface area contributed by atoms with Crippen molar-refractivity contribution < 1.29 is 59.5 Å². The fourth-order valence-electron chi connectivity index (χ4n) is 6.92. The van der Waals surface area contributed by atoms with Crippen LogP contribution in [-0.4, -0.2) is 135 Å². The average Bonchev–Trinajstić information content (AvgIpc) is 3.24. The molecule has 2 aromatic carbocycles. The zero-order valence-electron chi connectivity index (χ0n) is 35.2. The van der Waals surface area contributed by atoms with Crippen LogP contribution < -0.4 is 27.0 Å². The number of urea groups is 2. The molecule has 2 aliphatic rings. The van der Waals surface area contributed by atoms with Crippen LogP contribution in [0.25, 0.3) is 0 Å². The summed E-state index contributed by atoms with van der Waals surface area (Å²) in [6.07, 6.45) is 0.140. The van der Waals surface area contributed by atoms with Gasteiger partial charge in [-0.2, -0.15) is 0 Å². The van der Waals surface area contributed by atoms with E-state index < -0.39 is 74.4 Å². The number of benzene rings is 2. The standard InChI is InChI=1S/C28H46N2O11.C15H25N3O/c1-2-3-4-5-6-7-12-29-28(38)30-17-10-8-16(9-11-17)13-18-21(33)24(36)26(20(15-32)39-18)41-27-25(37)23(35)22(34)19(14-31)40-27;1-2-3-4-5-6-7-12-17-15(19)18-14-10-8-13(16)9-11-14/h8-11,18-27,31-37H,2-7,12-15H2,1H3,(H2,29,30,38);8-11H,2-7,12,16H2,1H3,(H2,17,18,19). The molecule has 2 saturated heterocycles. The minimum absolute atomic E-state index is 0.154. The minimum atomic E-state index is -1.72. The molecule has 4 amide bonds. The summed E-state index contributed by atoms with van der Waals surface area (Å²) in [5.74, 6) is 0. The van der Waals surface area contributed by atoms with Crippen LogP contribution in [0, 0.1) is 0 Å². The van der Waals surface area contributed by atoms with Crippen molar-refractivity contribution in [2.45, 2.75) is 159 Å². The lowest BCUT2D eigenvalue weighted by molar-refractivity contribution is -0.342. The molecule has 0 saturated carbocycles. The number of rotatable bonds is 22. The zero-order chi connectivity index (χ0) is 43.9. The van der Waals surface area contributed by atoms with Crippen molar-refractivity contribution in [3.05, 3.63) is 54.1 Å². The van der Waals surface area contributed by atoms with Crippen LogP contribution >= 0.6 is 0 Å². The summed E-state index contributed by atoms with van der Waals surface area (Å²) < 4.78 is 16.7. The highest BCUT2D eigenvalue weighted by atomic mass is 16.7. The van der Waals surface area contributed by atoms with Gasteiger partial charge < -0.3 is 77.0 Å². The number of ether oxygens (including phenoxy) is 3. The molecule has 10 atom stereocenters. The molecule has 0 aromatic heterocycles. The zero-order valence-corrected chi connectivity index (χ0v) is 35.2. The number of aliphatic hydroxyl groups is 7. The van der Waals surface area contributed by atoms with Gasteiger partial charge in [0.05, 0.1) is 19.3 Å². The number of anilines is 3. The van der Waals surface area contributed by atoms with E-state index in [0.717, 1.165) is 37.1 Å². The Bertz CT molecular complexity index is 1470. The third-order valence-electron chi connectivity index (χ3n) is 10.6. The van der Waals surface area contributed by atoms with E-state index >= 15 is 0 Å². The topological polar surface area (TPSA) is 278 Å². The van der Waals surface area contributed by atoms with Crippen LogP contribution in [-0.2, 0) is 20.6 Å². The molecule has 2 fully saturated rings. The lowest BCUT2D eigenvalue weighted by Gasteiger charge is -2.46. The van der Waals surface area contributed by atoms with Gasteiger partial charge in [-0.05, 0) is 54.8 Å². The van der Waals surface area contributed by atoms with Gasteiger partial charge in [-0.15, -0.1) is 0 Å². The molecule has 2 aliphatic heterocycles. The first-order valence-corrected chi connectivity index (χ1v) is 21.5. The second-order valence-corrected chi connectivity index (χ2v) is 15.5. The minimum Gasteiger partial charge on any atom is -0.399 e. The molecular weight excluding hydrogens is 778 g/mol. The Balaban J connectivity index is 0.000000423. The van der Waals surface area contributed by atoms with Crippen LogP contribution in [0.5, 0.6) is 0 Å². The molecule has 0 aliphatic carbocycles. The Morgan fingerprint density at radius 3 is 1.55 bits per heavy atom. The number of unbranched alkanes of at least 4 members (excludes halogenated alkanes) is 10. The van der Waals surface area contributed by atoms with Crippen molar-refractivity contribution in [1.82, 2.24) is 10.6 Å². The number of hydrogen-bond acceptors (Lipinski definition) is 13. The SMILES string of the molecule is CCCCCCCCNC(=O)Nc1ccc(CC2OC(CO)C(OC3OC(CO)C(O)C(O)C3O)C(O)C2O)cc1.CCCCCCCCNC(=O)Nc1ccc(N)cc1. The van der Waals surface area contributed by atoms with Crippen molar-refractivity contribution in [3.8, 4) is 0 Å². The first kappa shape index (κ1) is 50.7. The highest BCUT2D eigenvalue weighted by Crippen LogP contribution is 2.30. The summed E-state index contributed by atoms with van der Waals surface area (Å²) in [7, 11) is 0. The third-order valence-corrected chi connectivity index (χ3v) is 10.6. The molecular formula is C43H71N5O12. The van der Waals surface area contributed by atoms with E-state index in [1.165, 1.54) is 57.8 Å². The lowest BCUT2D eigenvalue weighted by Crippen LogP contribution is -2.64. The second kappa shape index (κ2) is 28.1. The molecule has 2 aromatic rings. The van der Waals surface area contributed by atoms with Crippen molar-refractivity contribution in [2.75, 3.05) is 42.7 Å². The Labute approximate surface area is 354 Å². The predicted molar refractivity (Wildman–Crippen MR) is 228 cm³/mol. The molecule has 17 nitrogen and oxygen atoms in total.